The predicted octanol–water partition coefficient (Wildman–Crippen LogP) is -0.211. The van der Waals surface area contributed by atoms with E-state index in [1.807, 2.05) is 6.08 Å². The van der Waals surface area contributed by atoms with Crippen LogP contribution < -0.4 is 5.73 Å². The lowest BCUT2D eigenvalue weighted by atomic mass is 10.3. The van der Waals surface area contributed by atoms with Gasteiger partial charge in [0.2, 0.25) is 0 Å². The van der Waals surface area contributed by atoms with Crippen LogP contribution in [0.15, 0.2) is 12.7 Å². The Kier molecular flexibility index (Phi) is 2.86. The molecule has 1 fully saturated rings. The number of ether oxygens (including phenoxy) is 1. The van der Waals surface area contributed by atoms with E-state index in [4.69, 9.17) is 10.5 Å². The monoisotopic (exact) mass is 142 g/mol. The summed E-state index contributed by atoms with van der Waals surface area (Å²) in [7, 11) is 0. The van der Waals surface area contributed by atoms with Gasteiger partial charge in [-0.25, -0.2) is 0 Å². The molecule has 1 rings (SSSR count). The van der Waals surface area contributed by atoms with Crippen molar-refractivity contribution in [2.24, 2.45) is 5.73 Å². The average molecular weight is 142 g/mol. The van der Waals surface area contributed by atoms with E-state index in [2.05, 4.69) is 11.5 Å². The van der Waals surface area contributed by atoms with Crippen LogP contribution in [0, 0.1) is 0 Å². The molecule has 10 heavy (non-hydrogen) atoms. The molecule has 3 heteroatoms. The molecule has 1 aliphatic heterocycles. The highest BCUT2D eigenvalue weighted by Crippen LogP contribution is 2.00. The SMILES string of the molecule is C=CCN1CCOCC1N. The minimum Gasteiger partial charge on any atom is -0.377 e. The van der Waals surface area contributed by atoms with Gasteiger partial charge in [-0.1, -0.05) is 6.08 Å². The first-order valence-corrected chi connectivity index (χ1v) is 3.53. The molecule has 58 valence electrons. The van der Waals surface area contributed by atoms with Gasteiger partial charge in [-0.05, 0) is 0 Å². The molecular formula is C7H14N2O. The number of nitrogens with two attached hydrogens (primary N) is 1. The average Bonchev–Trinajstić information content (AvgIpc) is 1.94. The normalized spacial score (nSPS) is 28.3. The van der Waals surface area contributed by atoms with Crippen LogP contribution in [0.25, 0.3) is 0 Å². The molecular weight excluding hydrogens is 128 g/mol. The maximum Gasteiger partial charge on any atom is 0.0816 e. The Morgan fingerprint density at radius 1 is 1.80 bits per heavy atom. The third kappa shape index (κ3) is 1.80. The topological polar surface area (TPSA) is 38.5 Å². The Bertz CT molecular complexity index is 116. The minimum absolute atomic E-state index is 0.0618. The number of nitrogens with zero attached hydrogens (tertiary/aromatic N) is 1. The molecule has 0 amide bonds. The smallest absolute Gasteiger partial charge is 0.0816 e. The van der Waals surface area contributed by atoms with Crippen molar-refractivity contribution in [3.8, 4) is 0 Å². The first-order chi connectivity index (χ1) is 4.84. The van der Waals surface area contributed by atoms with Gasteiger partial charge in [0.05, 0.1) is 19.4 Å². The molecule has 2 N–H and O–H groups in total. The second kappa shape index (κ2) is 3.71. The maximum atomic E-state index is 5.72. The molecule has 1 atom stereocenters. The maximum absolute atomic E-state index is 5.72. The highest BCUT2D eigenvalue weighted by Gasteiger charge is 2.16. The molecule has 0 radical (unpaired) electrons. The second-order valence-electron chi connectivity index (χ2n) is 2.43. The van der Waals surface area contributed by atoms with Crippen LogP contribution in [0.2, 0.25) is 0 Å². The first-order valence-electron chi connectivity index (χ1n) is 3.53. The zero-order valence-corrected chi connectivity index (χ0v) is 6.12. The van der Waals surface area contributed by atoms with Crippen LogP contribution in [-0.2, 0) is 4.74 Å². The van der Waals surface area contributed by atoms with Gasteiger partial charge in [-0.15, -0.1) is 6.58 Å². The minimum atomic E-state index is 0.0618. The molecule has 0 aliphatic carbocycles. The molecule has 0 aromatic rings. The fourth-order valence-electron chi connectivity index (χ4n) is 1.05. The molecule has 1 saturated heterocycles. The molecule has 3 nitrogen and oxygen atoms in total. The second-order valence-corrected chi connectivity index (χ2v) is 2.43. The Hall–Kier alpha value is -0.380. The Morgan fingerprint density at radius 3 is 3.20 bits per heavy atom. The van der Waals surface area contributed by atoms with Gasteiger partial charge in [0.25, 0.3) is 0 Å². The van der Waals surface area contributed by atoms with E-state index >= 15 is 0 Å². The molecule has 0 aromatic heterocycles. The van der Waals surface area contributed by atoms with Crippen LogP contribution >= 0.6 is 0 Å². The van der Waals surface area contributed by atoms with Gasteiger partial charge >= 0.3 is 0 Å². The Morgan fingerprint density at radius 2 is 2.60 bits per heavy atom. The summed E-state index contributed by atoms with van der Waals surface area (Å²) in [5.41, 5.74) is 5.72. The summed E-state index contributed by atoms with van der Waals surface area (Å²) >= 11 is 0. The van der Waals surface area contributed by atoms with Crippen LogP contribution in [0.1, 0.15) is 0 Å². The molecule has 1 aliphatic rings. The zero-order valence-electron chi connectivity index (χ0n) is 6.12. The van der Waals surface area contributed by atoms with Crippen molar-refractivity contribution in [1.29, 1.82) is 0 Å². The van der Waals surface area contributed by atoms with Crippen molar-refractivity contribution < 1.29 is 4.74 Å². The summed E-state index contributed by atoms with van der Waals surface area (Å²) in [6.45, 7) is 6.88. The lowest BCUT2D eigenvalue weighted by molar-refractivity contribution is 0.000969. The summed E-state index contributed by atoms with van der Waals surface area (Å²) in [6.07, 6.45) is 1.93. The fourth-order valence-corrected chi connectivity index (χ4v) is 1.05. The number of morpholine rings is 1. The van der Waals surface area contributed by atoms with Gasteiger partial charge in [-0.2, -0.15) is 0 Å². The summed E-state index contributed by atoms with van der Waals surface area (Å²) in [5.74, 6) is 0. The number of hydrogen-bond acceptors (Lipinski definition) is 3. The van der Waals surface area contributed by atoms with E-state index in [1.54, 1.807) is 0 Å². The molecule has 1 heterocycles. The van der Waals surface area contributed by atoms with E-state index in [0.717, 1.165) is 19.7 Å². The highest BCUT2D eigenvalue weighted by molar-refractivity contribution is 4.78. The van der Waals surface area contributed by atoms with Gasteiger partial charge in [-0.3, -0.25) is 4.90 Å². The van der Waals surface area contributed by atoms with E-state index < -0.39 is 0 Å². The van der Waals surface area contributed by atoms with Gasteiger partial charge in [0.1, 0.15) is 0 Å². The van der Waals surface area contributed by atoms with Crippen molar-refractivity contribution in [1.82, 2.24) is 4.90 Å². The zero-order chi connectivity index (χ0) is 7.40. The highest BCUT2D eigenvalue weighted by atomic mass is 16.5. The quantitative estimate of drug-likeness (QED) is 0.542. The number of rotatable bonds is 2. The van der Waals surface area contributed by atoms with Gasteiger partial charge in [0, 0.05) is 13.1 Å². The van der Waals surface area contributed by atoms with E-state index in [1.165, 1.54) is 0 Å². The van der Waals surface area contributed by atoms with Crippen LogP contribution in [0.5, 0.6) is 0 Å². The lowest BCUT2D eigenvalue weighted by Crippen LogP contribution is -2.50. The summed E-state index contributed by atoms with van der Waals surface area (Å²) in [4.78, 5) is 2.15. The van der Waals surface area contributed by atoms with Crippen molar-refractivity contribution >= 4 is 0 Å². The van der Waals surface area contributed by atoms with Gasteiger partial charge < -0.3 is 10.5 Å². The summed E-state index contributed by atoms with van der Waals surface area (Å²) in [6, 6.07) is 0. The van der Waals surface area contributed by atoms with Crippen LogP contribution in [0.3, 0.4) is 0 Å². The largest absolute Gasteiger partial charge is 0.377 e. The van der Waals surface area contributed by atoms with Crippen molar-refractivity contribution in [3.05, 3.63) is 12.7 Å². The Balaban J connectivity index is 2.32. The fraction of sp³-hybridized carbons (Fsp3) is 0.714. The molecule has 0 spiro atoms. The van der Waals surface area contributed by atoms with Crippen molar-refractivity contribution in [3.63, 3.8) is 0 Å². The van der Waals surface area contributed by atoms with E-state index in [-0.39, 0.29) is 6.17 Å². The van der Waals surface area contributed by atoms with Crippen molar-refractivity contribution in [2.75, 3.05) is 26.3 Å². The standard InChI is InChI=1S/C7H14N2O/c1-2-3-9-4-5-10-6-7(9)8/h2,7H,1,3-6,8H2. The first kappa shape index (κ1) is 7.72. The number of hydrogen-bond donors (Lipinski definition) is 1. The van der Waals surface area contributed by atoms with Crippen LogP contribution in [-0.4, -0.2) is 37.4 Å². The third-order valence-corrected chi connectivity index (χ3v) is 1.64. The third-order valence-electron chi connectivity index (χ3n) is 1.64. The predicted molar refractivity (Wildman–Crippen MR) is 40.6 cm³/mol. The lowest BCUT2D eigenvalue weighted by Gasteiger charge is -2.31. The summed E-state index contributed by atoms with van der Waals surface area (Å²) < 4.78 is 5.16. The van der Waals surface area contributed by atoms with Crippen LogP contribution in [0.4, 0.5) is 0 Å². The van der Waals surface area contributed by atoms with Crippen molar-refractivity contribution in [2.45, 2.75) is 6.17 Å². The Labute approximate surface area is 61.4 Å². The molecule has 0 bridgehead atoms. The molecule has 0 aromatic carbocycles. The van der Waals surface area contributed by atoms with E-state index in [0.29, 0.717) is 6.61 Å². The summed E-state index contributed by atoms with van der Waals surface area (Å²) in [5, 5.41) is 0. The molecule has 0 saturated carbocycles. The molecule has 1 unspecified atom stereocenters. The van der Waals surface area contributed by atoms with E-state index in [9.17, 15) is 0 Å². The van der Waals surface area contributed by atoms with Gasteiger partial charge in [0.15, 0.2) is 0 Å².